The Hall–Kier alpha value is -6.83. The van der Waals surface area contributed by atoms with Crippen molar-refractivity contribution in [3.05, 3.63) is 82.5 Å². The minimum atomic E-state index is -1.58. The van der Waals surface area contributed by atoms with Gasteiger partial charge in [0.15, 0.2) is 17.3 Å². The summed E-state index contributed by atoms with van der Waals surface area (Å²) in [7, 11) is 1.30. The van der Waals surface area contributed by atoms with Crippen LogP contribution in [0.15, 0.2) is 54.6 Å². The van der Waals surface area contributed by atoms with Gasteiger partial charge in [-0.3, -0.25) is 19.2 Å². The topological polar surface area (TPSA) is 308 Å². The van der Waals surface area contributed by atoms with Crippen LogP contribution in [0.25, 0.3) is 22.5 Å². The summed E-state index contributed by atoms with van der Waals surface area (Å²) in [6.07, 6.45) is 2.19. The van der Waals surface area contributed by atoms with Crippen LogP contribution in [0.2, 0.25) is 0 Å². The summed E-state index contributed by atoms with van der Waals surface area (Å²) >= 11 is 0. The summed E-state index contributed by atoms with van der Waals surface area (Å²) in [5.74, 6) is -4.80. The molecule has 1 aliphatic rings. The number of unbranched alkanes of at least 4 members (excludes halogenated alkanes) is 1. The highest BCUT2D eigenvalue weighted by molar-refractivity contribution is 6.01. The Kier molecular flexibility index (Phi) is 16.6. The number of carboxylic acid groups (broad SMARTS) is 1. The summed E-state index contributed by atoms with van der Waals surface area (Å²) < 4.78 is 11.9. The van der Waals surface area contributed by atoms with Crippen LogP contribution >= 0.6 is 0 Å². The predicted octanol–water partition coefficient (Wildman–Crippen LogP) is 1.74. The van der Waals surface area contributed by atoms with E-state index in [-0.39, 0.29) is 71.4 Å². The largest absolute Gasteiger partial charge is 0.504 e. The Bertz CT molecular complexity index is 2320. The quantitative estimate of drug-likeness (QED) is 0.0683. The number of carbonyl (C=O) groups is 5. The Labute approximate surface area is 370 Å². The number of carboxylic acids is 1. The van der Waals surface area contributed by atoms with Gasteiger partial charge in [-0.1, -0.05) is 43.7 Å². The van der Waals surface area contributed by atoms with Gasteiger partial charge in [-0.05, 0) is 80.6 Å². The van der Waals surface area contributed by atoms with Crippen LogP contribution in [0.1, 0.15) is 71.9 Å². The lowest BCUT2D eigenvalue weighted by atomic mass is 9.93. The number of nitrogens with two attached hydrogens (primary N) is 3. The highest BCUT2D eigenvalue weighted by atomic mass is 16.5. The van der Waals surface area contributed by atoms with Gasteiger partial charge in [-0.15, -0.1) is 0 Å². The number of aryl methyl sites for hydroxylation is 2. The van der Waals surface area contributed by atoms with E-state index < -0.39 is 66.1 Å². The number of fused-ring (bicyclic) bond motifs is 5. The average Bonchev–Trinajstić information content (AvgIpc) is 3.27. The molecule has 5 rings (SSSR count). The molecule has 64 heavy (non-hydrogen) atoms. The second kappa shape index (κ2) is 22.0. The number of likely N-dealkylation sites (N-methyl/N-ethyl adjacent to an activating group) is 1. The number of ether oxygens (including phenoxy) is 2. The highest BCUT2D eigenvalue weighted by Crippen LogP contribution is 2.44. The Balaban J connectivity index is 1.54. The monoisotopic (exact) mass is 883 g/mol. The number of hydrogen-bond acceptors (Lipinski definition) is 14. The van der Waals surface area contributed by atoms with E-state index in [9.17, 15) is 39.3 Å². The molecule has 0 radical (unpaired) electrons. The van der Waals surface area contributed by atoms with Crippen molar-refractivity contribution >= 4 is 35.4 Å². The van der Waals surface area contributed by atoms with Crippen LogP contribution < -0.4 is 42.6 Å². The number of aromatic hydroxyl groups is 1. The third kappa shape index (κ3) is 11.8. The van der Waals surface area contributed by atoms with Gasteiger partial charge in [0.25, 0.3) is 5.91 Å². The Morgan fingerprint density at radius 3 is 2.36 bits per heavy atom. The van der Waals surface area contributed by atoms with Crippen molar-refractivity contribution in [2.75, 3.05) is 45.6 Å². The number of nitrogen functional groups attached to an aromatic ring is 1. The van der Waals surface area contributed by atoms with E-state index in [0.29, 0.717) is 29.9 Å². The maximum atomic E-state index is 14.4. The first-order valence-electron chi connectivity index (χ1n) is 21.0. The molecule has 4 atom stereocenters. The molecular weight excluding hydrogens is 827 g/mol. The normalized spacial score (nSPS) is 16.7. The molecule has 0 saturated carbocycles. The van der Waals surface area contributed by atoms with Crippen LogP contribution in [0.4, 0.5) is 5.82 Å². The van der Waals surface area contributed by atoms with Gasteiger partial charge in [0.2, 0.25) is 17.7 Å². The van der Waals surface area contributed by atoms with Gasteiger partial charge in [0.05, 0.1) is 18.8 Å². The maximum Gasteiger partial charge on any atom is 0.326 e. The van der Waals surface area contributed by atoms with E-state index in [4.69, 9.17) is 26.7 Å². The number of phenolic OH excluding ortho intramolecular Hbond substituents is 1. The molecular formula is C45H57N9O10. The number of carbonyl (C=O) groups excluding carboxylic acids is 4. The number of rotatable bonds is 17. The van der Waals surface area contributed by atoms with E-state index >= 15 is 0 Å². The summed E-state index contributed by atoms with van der Waals surface area (Å²) in [5.41, 5.74) is 20.5. The third-order valence-corrected chi connectivity index (χ3v) is 10.7. The minimum absolute atomic E-state index is 0.0501. The molecule has 0 aliphatic carbocycles. The lowest BCUT2D eigenvalue weighted by Crippen LogP contribution is -2.53. The van der Waals surface area contributed by atoms with Gasteiger partial charge in [-0.25, -0.2) is 14.8 Å². The summed E-state index contributed by atoms with van der Waals surface area (Å²) in [4.78, 5) is 77.8. The highest BCUT2D eigenvalue weighted by Gasteiger charge is 2.34. The van der Waals surface area contributed by atoms with Gasteiger partial charge < -0.3 is 62.8 Å². The molecule has 2 heterocycles. The van der Waals surface area contributed by atoms with Crippen LogP contribution in [0.3, 0.4) is 0 Å². The molecule has 342 valence electrons. The smallest absolute Gasteiger partial charge is 0.326 e. The number of phenols is 1. The molecule has 19 nitrogen and oxygen atoms in total. The summed E-state index contributed by atoms with van der Waals surface area (Å²) in [6.45, 7) is 4.34. The van der Waals surface area contributed by atoms with E-state index in [1.807, 2.05) is 24.3 Å². The number of aliphatic hydroxyl groups is 1. The lowest BCUT2D eigenvalue weighted by Gasteiger charge is -2.30. The number of anilines is 1. The van der Waals surface area contributed by atoms with E-state index in [1.165, 1.54) is 31.7 Å². The predicted molar refractivity (Wildman–Crippen MR) is 237 cm³/mol. The lowest BCUT2D eigenvalue weighted by molar-refractivity contribution is -0.142. The van der Waals surface area contributed by atoms with Gasteiger partial charge >= 0.3 is 5.97 Å². The number of aliphatic hydroxyl groups excluding tert-OH is 1. The third-order valence-electron chi connectivity index (χ3n) is 10.7. The molecule has 0 unspecified atom stereocenters. The SMILES string of the molecule is CCCCc1ccc(-c2nc(C)c(C(=O)NCC(=O)N(C)[C@@H]3C(=O)N[C@@H](C)C(=O)N[C@H](C(=O)O)Cc4ccc(OCCCN)c(c4)-c4cc3cc(OC[C@H](O)CN)c4O)c(N)n2)cc1. The molecule has 0 spiro atoms. The molecule has 0 fully saturated rings. The first kappa shape index (κ1) is 48.2. The molecule has 1 aliphatic heterocycles. The summed E-state index contributed by atoms with van der Waals surface area (Å²) in [6, 6.07) is 10.9. The van der Waals surface area contributed by atoms with Crippen molar-refractivity contribution in [2.45, 2.75) is 77.1 Å². The van der Waals surface area contributed by atoms with E-state index in [2.05, 4.69) is 32.8 Å². The van der Waals surface area contributed by atoms with Gasteiger partial charge in [0, 0.05) is 36.7 Å². The van der Waals surface area contributed by atoms with Crippen LogP contribution in [-0.4, -0.2) is 118 Å². The average molecular weight is 884 g/mol. The standard InChI is InChI=1S/C45H57N9O10/c1-5-6-8-26-9-12-28(13-10-26)41-50-24(2)37(40(48)53-41)43(59)49-22-36(56)54(4)38-29-19-32(39(57)35(20-29)64-23-30(55)21-47)31-17-27(11-14-34(31)63-16-7-15-46)18-33(45(61)62)52-42(58)25(3)51-44(38)60/h9-14,17,19-20,25,30,33,38,55,57H,5-8,15-16,18,21-23,46-47H2,1-4H3,(H,49,59)(H,51,60)(H,52,58)(H,61,62)(H2,48,50,53)/t25-,30+,33-,38-/m0/s1. The van der Waals surface area contributed by atoms with Crippen molar-refractivity contribution in [3.63, 3.8) is 0 Å². The summed E-state index contributed by atoms with van der Waals surface area (Å²) in [5, 5.41) is 39.7. The second-order valence-electron chi connectivity index (χ2n) is 15.6. The first-order valence-corrected chi connectivity index (χ1v) is 21.0. The van der Waals surface area contributed by atoms with Crippen molar-refractivity contribution in [3.8, 4) is 39.8 Å². The number of aromatic nitrogens is 2. The first-order chi connectivity index (χ1) is 30.6. The molecule has 4 bridgehead atoms. The minimum Gasteiger partial charge on any atom is -0.504 e. The Morgan fingerprint density at radius 2 is 1.70 bits per heavy atom. The fourth-order valence-corrected chi connectivity index (χ4v) is 7.02. The number of nitrogens with one attached hydrogen (secondary N) is 3. The number of benzene rings is 3. The maximum absolute atomic E-state index is 14.4. The van der Waals surface area contributed by atoms with Crippen LogP contribution in [0.5, 0.6) is 17.2 Å². The zero-order chi connectivity index (χ0) is 46.7. The second-order valence-corrected chi connectivity index (χ2v) is 15.6. The van der Waals surface area contributed by atoms with Gasteiger partial charge in [0.1, 0.15) is 48.0 Å². The number of amides is 4. The van der Waals surface area contributed by atoms with Crippen molar-refractivity contribution in [2.24, 2.45) is 11.5 Å². The zero-order valence-corrected chi connectivity index (χ0v) is 36.3. The molecule has 4 aromatic rings. The van der Waals surface area contributed by atoms with E-state index in [0.717, 1.165) is 24.2 Å². The molecule has 3 aromatic carbocycles. The van der Waals surface area contributed by atoms with Gasteiger partial charge in [-0.2, -0.15) is 0 Å². The number of aliphatic carboxylic acids is 1. The molecule has 1 aromatic heterocycles. The van der Waals surface area contributed by atoms with E-state index in [1.54, 1.807) is 25.1 Å². The molecule has 4 amide bonds. The zero-order valence-electron chi connectivity index (χ0n) is 36.3. The van der Waals surface area contributed by atoms with Crippen molar-refractivity contribution < 1.29 is 48.8 Å². The van der Waals surface area contributed by atoms with Crippen molar-refractivity contribution in [1.82, 2.24) is 30.8 Å². The fourth-order valence-electron chi connectivity index (χ4n) is 7.02. The Morgan fingerprint density at radius 1 is 0.969 bits per heavy atom. The van der Waals surface area contributed by atoms with Crippen LogP contribution in [0, 0.1) is 6.92 Å². The molecule has 0 saturated heterocycles. The van der Waals surface area contributed by atoms with Crippen LogP contribution in [-0.2, 0) is 32.0 Å². The number of nitrogens with zero attached hydrogens (tertiary/aromatic N) is 3. The molecule has 19 heteroatoms. The van der Waals surface area contributed by atoms with Crippen molar-refractivity contribution in [1.29, 1.82) is 0 Å². The fraction of sp³-hybridized carbons (Fsp3) is 0.400. The molecule has 12 N–H and O–H groups in total. The number of hydrogen-bond donors (Lipinski definition) is 9.